The molecule has 1 amide bonds. The van der Waals surface area contributed by atoms with Crippen molar-refractivity contribution in [2.45, 2.75) is 0 Å². The highest BCUT2D eigenvalue weighted by Crippen LogP contribution is 2.40. The fourth-order valence-electron chi connectivity index (χ4n) is 3.82. The van der Waals surface area contributed by atoms with Crippen molar-refractivity contribution >= 4 is 38.7 Å². The van der Waals surface area contributed by atoms with Crippen molar-refractivity contribution in [1.82, 2.24) is 9.88 Å². The molecule has 0 bridgehead atoms. The zero-order valence-corrected chi connectivity index (χ0v) is 18.7. The first kappa shape index (κ1) is 20.4. The number of carbonyl (C=O) groups is 1. The molecule has 1 aromatic heterocycles. The second-order valence-corrected chi connectivity index (χ2v) is 8.38. The van der Waals surface area contributed by atoms with Gasteiger partial charge in [0, 0.05) is 32.3 Å². The van der Waals surface area contributed by atoms with E-state index in [4.69, 9.17) is 23.9 Å². The van der Waals surface area contributed by atoms with Crippen LogP contribution in [0.25, 0.3) is 16.3 Å². The number of anilines is 1. The summed E-state index contributed by atoms with van der Waals surface area (Å²) in [5.74, 6) is 2.94. The van der Waals surface area contributed by atoms with Crippen molar-refractivity contribution in [3.05, 3.63) is 42.0 Å². The Morgan fingerprint density at radius 2 is 1.78 bits per heavy atom. The van der Waals surface area contributed by atoms with Gasteiger partial charge in [-0.2, -0.15) is 0 Å². The van der Waals surface area contributed by atoms with Crippen LogP contribution in [0.5, 0.6) is 23.0 Å². The number of methoxy groups -OCH3 is 2. The summed E-state index contributed by atoms with van der Waals surface area (Å²) in [6.07, 6.45) is 3.42. The molecule has 0 atom stereocenters. The average molecular weight is 454 g/mol. The highest BCUT2D eigenvalue weighted by Gasteiger charge is 2.23. The molecule has 2 aliphatic rings. The Bertz CT molecular complexity index is 1140. The summed E-state index contributed by atoms with van der Waals surface area (Å²) in [5, 5.41) is 0.908. The van der Waals surface area contributed by atoms with Crippen LogP contribution in [0, 0.1) is 0 Å². The van der Waals surface area contributed by atoms with Crippen LogP contribution in [-0.2, 0) is 4.79 Å². The molecule has 9 heteroatoms. The molecule has 0 radical (unpaired) electrons. The van der Waals surface area contributed by atoms with E-state index in [9.17, 15) is 4.79 Å². The number of aromatic nitrogens is 1. The fourth-order valence-corrected chi connectivity index (χ4v) is 4.94. The predicted molar refractivity (Wildman–Crippen MR) is 123 cm³/mol. The molecule has 0 N–H and O–H groups in total. The van der Waals surface area contributed by atoms with Gasteiger partial charge in [-0.05, 0) is 35.9 Å². The van der Waals surface area contributed by atoms with Gasteiger partial charge < -0.3 is 28.7 Å². The molecule has 1 saturated heterocycles. The standard InChI is InChI=1S/C23H23N3O5S/c1-28-17-6-7-18(29-2)22-21(17)24-23(32-22)26-11-9-25(10-12-26)20(27)8-4-15-3-5-16-19(13-15)31-14-30-16/h3-8,13H,9-12,14H2,1-2H3/b8-4-. The number of thiazole rings is 1. The first-order chi connectivity index (χ1) is 15.7. The highest BCUT2D eigenvalue weighted by molar-refractivity contribution is 7.22. The smallest absolute Gasteiger partial charge is 0.246 e. The van der Waals surface area contributed by atoms with Crippen molar-refractivity contribution in [2.24, 2.45) is 0 Å². The minimum atomic E-state index is -0.00467. The third kappa shape index (κ3) is 3.80. The first-order valence-corrected chi connectivity index (χ1v) is 11.1. The van der Waals surface area contributed by atoms with Gasteiger partial charge in [0.1, 0.15) is 21.7 Å². The lowest BCUT2D eigenvalue weighted by Crippen LogP contribution is -2.48. The lowest BCUT2D eigenvalue weighted by Gasteiger charge is -2.34. The van der Waals surface area contributed by atoms with E-state index in [0.717, 1.165) is 38.2 Å². The van der Waals surface area contributed by atoms with E-state index in [2.05, 4.69) is 4.90 Å². The third-order valence-electron chi connectivity index (χ3n) is 5.58. The molecule has 0 spiro atoms. The number of fused-ring (bicyclic) bond motifs is 2. The number of amides is 1. The van der Waals surface area contributed by atoms with E-state index in [1.54, 1.807) is 31.6 Å². The molecule has 2 aliphatic heterocycles. The van der Waals surface area contributed by atoms with Gasteiger partial charge in [0.25, 0.3) is 0 Å². The van der Waals surface area contributed by atoms with Crippen LogP contribution in [-0.4, -0.2) is 63.0 Å². The number of ether oxygens (including phenoxy) is 4. The van der Waals surface area contributed by atoms with Crippen molar-refractivity contribution in [3.63, 3.8) is 0 Å². The maximum Gasteiger partial charge on any atom is 0.246 e. The van der Waals surface area contributed by atoms with Gasteiger partial charge in [-0.15, -0.1) is 0 Å². The zero-order valence-electron chi connectivity index (χ0n) is 17.9. The third-order valence-corrected chi connectivity index (χ3v) is 6.71. The van der Waals surface area contributed by atoms with E-state index in [0.29, 0.717) is 31.9 Å². The molecule has 32 heavy (non-hydrogen) atoms. The van der Waals surface area contributed by atoms with Gasteiger partial charge in [-0.3, -0.25) is 4.79 Å². The quantitative estimate of drug-likeness (QED) is 0.548. The van der Waals surface area contributed by atoms with Crippen LogP contribution < -0.4 is 23.8 Å². The zero-order chi connectivity index (χ0) is 22.1. The normalized spacial score (nSPS) is 15.6. The van der Waals surface area contributed by atoms with Gasteiger partial charge in [0.2, 0.25) is 12.7 Å². The summed E-state index contributed by atoms with van der Waals surface area (Å²) in [4.78, 5) is 21.5. The SMILES string of the molecule is COc1ccc(OC)c2sc(N3CCN(C(=O)/C=C\c4ccc5c(c4)OCO5)CC3)nc12. The predicted octanol–water partition coefficient (Wildman–Crippen LogP) is 3.40. The minimum Gasteiger partial charge on any atom is -0.495 e. The Hall–Kier alpha value is -3.46. The summed E-state index contributed by atoms with van der Waals surface area (Å²) in [6.45, 7) is 2.94. The number of nitrogens with zero attached hydrogens (tertiary/aromatic N) is 3. The van der Waals surface area contributed by atoms with E-state index in [-0.39, 0.29) is 12.7 Å². The van der Waals surface area contributed by atoms with Crippen LogP contribution in [0.1, 0.15) is 5.56 Å². The van der Waals surface area contributed by atoms with Gasteiger partial charge in [-0.25, -0.2) is 4.98 Å². The first-order valence-electron chi connectivity index (χ1n) is 10.3. The minimum absolute atomic E-state index is 0.00467. The number of hydrogen-bond donors (Lipinski definition) is 0. The summed E-state index contributed by atoms with van der Waals surface area (Å²) in [5.41, 5.74) is 1.70. The number of piperazine rings is 1. The number of hydrogen-bond acceptors (Lipinski definition) is 8. The molecule has 5 rings (SSSR count). The van der Waals surface area contributed by atoms with E-state index in [1.807, 2.05) is 41.3 Å². The molecular formula is C23H23N3O5S. The largest absolute Gasteiger partial charge is 0.495 e. The molecule has 8 nitrogen and oxygen atoms in total. The molecule has 3 heterocycles. The summed E-state index contributed by atoms with van der Waals surface area (Å²) in [6, 6.07) is 9.40. The second kappa shape index (κ2) is 8.58. The monoisotopic (exact) mass is 453 g/mol. The summed E-state index contributed by atoms with van der Waals surface area (Å²) >= 11 is 1.58. The number of carbonyl (C=O) groups excluding carboxylic acids is 1. The maximum atomic E-state index is 12.7. The van der Waals surface area contributed by atoms with Gasteiger partial charge in [0.05, 0.1) is 14.2 Å². The van der Waals surface area contributed by atoms with Crippen molar-refractivity contribution in [3.8, 4) is 23.0 Å². The van der Waals surface area contributed by atoms with E-state index in [1.165, 1.54) is 0 Å². The molecule has 2 aromatic carbocycles. The van der Waals surface area contributed by atoms with E-state index >= 15 is 0 Å². The number of rotatable bonds is 5. The van der Waals surface area contributed by atoms with Gasteiger partial charge >= 0.3 is 0 Å². The Kier molecular flexibility index (Phi) is 5.48. The van der Waals surface area contributed by atoms with Crippen LogP contribution in [0.3, 0.4) is 0 Å². The highest BCUT2D eigenvalue weighted by atomic mass is 32.1. The second-order valence-electron chi connectivity index (χ2n) is 7.40. The number of benzene rings is 2. The van der Waals surface area contributed by atoms with Crippen molar-refractivity contribution in [1.29, 1.82) is 0 Å². The van der Waals surface area contributed by atoms with Gasteiger partial charge in [0.15, 0.2) is 16.6 Å². The van der Waals surface area contributed by atoms with Crippen LogP contribution in [0.4, 0.5) is 5.13 Å². The molecule has 0 aliphatic carbocycles. The summed E-state index contributed by atoms with van der Waals surface area (Å²) < 4.78 is 22.6. The van der Waals surface area contributed by atoms with Crippen LogP contribution >= 0.6 is 11.3 Å². The van der Waals surface area contributed by atoms with E-state index < -0.39 is 0 Å². The molecule has 3 aromatic rings. The Labute approximate surface area is 189 Å². The maximum absolute atomic E-state index is 12.7. The Morgan fingerprint density at radius 1 is 1.03 bits per heavy atom. The molecule has 0 saturated carbocycles. The van der Waals surface area contributed by atoms with Crippen molar-refractivity contribution in [2.75, 3.05) is 52.1 Å². The Balaban J connectivity index is 1.24. The molecule has 0 unspecified atom stereocenters. The lowest BCUT2D eigenvalue weighted by molar-refractivity contribution is -0.126. The topological polar surface area (TPSA) is 73.4 Å². The lowest BCUT2D eigenvalue weighted by atomic mass is 10.2. The fraction of sp³-hybridized carbons (Fsp3) is 0.304. The molecular weight excluding hydrogens is 430 g/mol. The average Bonchev–Trinajstić information content (AvgIpc) is 3.49. The van der Waals surface area contributed by atoms with Crippen LogP contribution in [0.15, 0.2) is 36.4 Å². The Morgan fingerprint density at radius 3 is 2.56 bits per heavy atom. The van der Waals surface area contributed by atoms with Crippen LogP contribution in [0.2, 0.25) is 0 Å². The van der Waals surface area contributed by atoms with Crippen molar-refractivity contribution < 1.29 is 23.7 Å². The molecule has 166 valence electrons. The summed E-state index contributed by atoms with van der Waals surface area (Å²) in [7, 11) is 3.30. The van der Waals surface area contributed by atoms with Gasteiger partial charge in [-0.1, -0.05) is 17.4 Å². The molecule has 1 fully saturated rings.